The van der Waals surface area contributed by atoms with Gasteiger partial charge in [-0.05, 0) is 41.5 Å². The number of carbonyl (C=O) groups is 1. The quantitative estimate of drug-likeness (QED) is 0.624. The number of nitrogens with one attached hydrogen (secondary N) is 1. The maximum atomic E-state index is 11.6. The zero-order valence-electron chi connectivity index (χ0n) is 12.8. The van der Waals surface area contributed by atoms with Gasteiger partial charge in [-0.25, -0.2) is 5.43 Å². The van der Waals surface area contributed by atoms with Gasteiger partial charge in [0.2, 0.25) is 0 Å². The van der Waals surface area contributed by atoms with E-state index in [4.69, 9.17) is 4.74 Å². The maximum Gasteiger partial charge on any atom is 0.277 e. The standard InChI is InChI=1S/C17H20N2O2S/c1-3-13(2)14-6-8-15(9-7-14)21-12-17(20)19-18-11-16-5-4-10-22-16/h4-11,13H,3,12H2,1-2H3,(H,19,20). The van der Waals surface area contributed by atoms with Crippen LogP contribution in [0.3, 0.4) is 0 Å². The fraction of sp³-hybridized carbons (Fsp3) is 0.294. The molecule has 1 atom stereocenters. The first-order valence-electron chi connectivity index (χ1n) is 7.27. The van der Waals surface area contributed by atoms with Gasteiger partial charge in [-0.1, -0.05) is 32.0 Å². The van der Waals surface area contributed by atoms with E-state index in [1.165, 1.54) is 5.56 Å². The van der Waals surface area contributed by atoms with E-state index in [9.17, 15) is 4.79 Å². The third-order valence-corrected chi connectivity index (χ3v) is 4.16. The lowest BCUT2D eigenvalue weighted by Gasteiger charge is -2.10. The second-order valence-corrected chi connectivity index (χ2v) is 5.95. The summed E-state index contributed by atoms with van der Waals surface area (Å²) in [5, 5.41) is 5.83. The van der Waals surface area contributed by atoms with Gasteiger partial charge in [-0.2, -0.15) is 5.10 Å². The van der Waals surface area contributed by atoms with Crippen molar-refractivity contribution < 1.29 is 9.53 Å². The van der Waals surface area contributed by atoms with Crippen LogP contribution in [0.1, 0.15) is 36.6 Å². The van der Waals surface area contributed by atoms with Crippen LogP contribution in [0.4, 0.5) is 0 Å². The fourth-order valence-corrected chi connectivity index (χ4v) is 2.43. The third-order valence-electron chi connectivity index (χ3n) is 3.36. The molecule has 0 saturated carbocycles. The molecule has 2 aromatic rings. The Labute approximate surface area is 134 Å². The Bertz CT molecular complexity index is 606. The van der Waals surface area contributed by atoms with Crippen molar-refractivity contribution in [2.24, 2.45) is 5.10 Å². The summed E-state index contributed by atoms with van der Waals surface area (Å²) in [4.78, 5) is 12.6. The fourth-order valence-electron chi connectivity index (χ4n) is 1.84. The Balaban J connectivity index is 1.76. The van der Waals surface area contributed by atoms with Crippen LogP contribution >= 0.6 is 11.3 Å². The molecule has 4 nitrogen and oxygen atoms in total. The molecule has 0 aliphatic carbocycles. The first-order valence-corrected chi connectivity index (χ1v) is 8.15. The number of thiophene rings is 1. The number of carbonyl (C=O) groups excluding carboxylic acids is 1. The Kier molecular flexibility index (Phi) is 6.15. The second-order valence-electron chi connectivity index (χ2n) is 4.98. The Hall–Kier alpha value is -2.14. The molecule has 22 heavy (non-hydrogen) atoms. The number of benzene rings is 1. The molecule has 1 N–H and O–H groups in total. The molecule has 1 amide bonds. The largest absolute Gasteiger partial charge is 0.484 e. The van der Waals surface area contributed by atoms with Gasteiger partial charge in [0.05, 0.1) is 6.21 Å². The molecule has 0 aliphatic rings. The average molecular weight is 316 g/mol. The predicted molar refractivity (Wildman–Crippen MR) is 90.7 cm³/mol. The van der Waals surface area contributed by atoms with E-state index >= 15 is 0 Å². The van der Waals surface area contributed by atoms with E-state index < -0.39 is 0 Å². The highest BCUT2D eigenvalue weighted by Crippen LogP contribution is 2.21. The molecular weight excluding hydrogens is 296 g/mol. The minimum absolute atomic E-state index is 0.0511. The van der Waals surface area contributed by atoms with Crippen molar-refractivity contribution in [2.75, 3.05) is 6.61 Å². The van der Waals surface area contributed by atoms with Gasteiger partial charge in [-0.15, -0.1) is 11.3 Å². The smallest absolute Gasteiger partial charge is 0.277 e. The summed E-state index contributed by atoms with van der Waals surface area (Å²) in [5.41, 5.74) is 3.72. The van der Waals surface area contributed by atoms with Gasteiger partial charge < -0.3 is 4.74 Å². The molecule has 0 aliphatic heterocycles. The predicted octanol–water partition coefficient (Wildman–Crippen LogP) is 3.79. The van der Waals surface area contributed by atoms with E-state index in [0.29, 0.717) is 11.7 Å². The Morgan fingerprint density at radius 3 is 2.77 bits per heavy atom. The SMILES string of the molecule is CCC(C)c1ccc(OCC(=O)NN=Cc2cccs2)cc1. The van der Waals surface area contributed by atoms with Crippen molar-refractivity contribution in [3.8, 4) is 5.75 Å². The van der Waals surface area contributed by atoms with Crippen LogP contribution in [0.2, 0.25) is 0 Å². The minimum atomic E-state index is -0.279. The van der Waals surface area contributed by atoms with E-state index in [2.05, 4.69) is 24.4 Å². The van der Waals surface area contributed by atoms with Crippen LogP contribution in [-0.4, -0.2) is 18.7 Å². The summed E-state index contributed by atoms with van der Waals surface area (Å²) >= 11 is 1.56. The molecule has 0 fully saturated rings. The number of hydrogen-bond donors (Lipinski definition) is 1. The number of nitrogens with zero attached hydrogens (tertiary/aromatic N) is 1. The monoisotopic (exact) mass is 316 g/mol. The normalized spacial score (nSPS) is 12.3. The molecule has 1 aromatic carbocycles. The molecule has 5 heteroatoms. The van der Waals surface area contributed by atoms with Crippen LogP contribution in [0, 0.1) is 0 Å². The van der Waals surface area contributed by atoms with Crippen molar-refractivity contribution in [2.45, 2.75) is 26.2 Å². The van der Waals surface area contributed by atoms with E-state index in [1.807, 2.05) is 41.8 Å². The molecule has 1 unspecified atom stereocenters. The summed E-state index contributed by atoms with van der Waals surface area (Å²) in [5.74, 6) is 0.937. The molecule has 0 saturated heterocycles. The van der Waals surface area contributed by atoms with E-state index in [0.717, 1.165) is 11.3 Å². The number of hydrazone groups is 1. The summed E-state index contributed by atoms with van der Waals surface area (Å²) in [7, 11) is 0. The summed E-state index contributed by atoms with van der Waals surface area (Å²) < 4.78 is 5.44. The van der Waals surface area contributed by atoms with Crippen molar-refractivity contribution in [3.05, 3.63) is 52.2 Å². The number of ether oxygens (including phenoxy) is 1. The van der Waals surface area contributed by atoms with Crippen LogP contribution < -0.4 is 10.2 Å². The van der Waals surface area contributed by atoms with Crippen LogP contribution in [0.25, 0.3) is 0 Å². The highest BCUT2D eigenvalue weighted by Gasteiger charge is 2.04. The minimum Gasteiger partial charge on any atom is -0.484 e. The van der Waals surface area contributed by atoms with Gasteiger partial charge in [0.15, 0.2) is 6.61 Å². The van der Waals surface area contributed by atoms with Crippen molar-refractivity contribution in [1.29, 1.82) is 0 Å². The molecule has 116 valence electrons. The van der Waals surface area contributed by atoms with Crippen LogP contribution in [-0.2, 0) is 4.79 Å². The molecule has 1 heterocycles. The Morgan fingerprint density at radius 1 is 1.36 bits per heavy atom. The zero-order chi connectivity index (χ0) is 15.8. The van der Waals surface area contributed by atoms with Crippen molar-refractivity contribution >= 4 is 23.5 Å². The lowest BCUT2D eigenvalue weighted by molar-refractivity contribution is -0.123. The van der Waals surface area contributed by atoms with Crippen LogP contribution in [0.15, 0.2) is 46.9 Å². The van der Waals surface area contributed by atoms with Crippen molar-refractivity contribution in [1.82, 2.24) is 5.43 Å². The molecule has 1 aromatic heterocycles. The zero-order valence-corrected chi connectivity index (χ0v) is 13.6. The summed E-state index contributed by atoms with van der Waals surface area (Å²) in [6.45, 7) is 4.30. The van der Waals surface area contributed by atoms with Gasteiger partial charge in [0.25, 0.3) is 5.91 Å². The number of hydrogen-bond acceptors (Lipinski definition) is 4. The highest BCUT2D eigenvalue weighted by atomic mass is 32.1. The lowest BCUT2D eigenvalue weighted by Crippen LogP contribution is -2.24. The molecular formula is C17H20N2O2S. The topological polar surface area (TPSA) is 50.7 Å². The number of amides is 1. The molecule has 2 rings (SSSR count). The highest BCUT2D eigenvalue weighted by molar-refractivity contribution is 7.11. The average Bonchev–Trinajstić information content (AvgIpc) is 3.06. The number of rotatable bonds is 7. The van der Waals surface area contributed by atoms with Gasteiger partial charge in [-0.3, -0.25) is 4.79 Å². The lowest BCUT2D eigenvalue weighted by atomic mass is 9.99. The molecule has 0 spiro atoms. The van der Waals surface area contributed by atoms with E-state index in [-0.39, 0.29) is 12.5 Å². The summed E-state index contributed by atoms with van der Waals surface area (Å²) in [6, 6.07) is 11.7. The van der Waals surface area contributed by atoms with Crippen LogP contribution in [0.5, 0.6) is 5.75 Å². The first kappa shape index (κ1) is 16.2. The second kappa shape index (κ2) is 8.34. The van der Waals surface area contributed by atoms with Gasteiger partial charge in [0, 0.05) is 4.88 Å². The summed E-state index contributed by atoms with van der Waals surface area (Å²) in [6.07, 6.45) is 2.72. The molecule has 0 radical (unpaired) electrons. The van der Waals surface area contributed by atoms with E-state index in [1.54, 1.807) is 17.6 Å². The van der Waals surface area contributed by atoms with Crippen molar-refractivity contribution in [3.63, 3.8) is 0 Å². The van der Waals surface area contributed by atoms with Gasteiger partial charge in [0.1, 0.15) is 5.75 Å². The van der Waals surface area contributed by atoms with Gasteiger partial charge >= 0.3 is 0 Å². The molecule has 0 bridgehead atoms. The Morgan fingerprint density at radius 2 is 2.14 bits per heavy atom. The maximum absolute atomic E-state index is 11.6. The first-order chi connectivity index (χ1) is 10.7. The third kappa shape index (κ3) is 5.00.